The molecule has 0 bridgehead atoms. The number of nitrogens with zero attached hydrogens (tertiary/aromatic N) is 2. The van der Waals surface area contributed by atoms with Gasteiger partial charge in [-0.2, -0.15) is 0 Å². The highest BCUT2D eigenvalue weighted by molar-refractivity contribution is 6.42. The fourth-order valence-electron chi connectivity index (χ4n) is 2.18. The second-order valence-electron chi connectivity index (χ2n) is 4.50. The highest BCUT2D eigenvalue weighted by Gasteiger charge is 2.11. The molecule has 0 saturated carbocycles. The molecule has 20 heavy (non-hydrogen) atoms. The van der Waals surface area contributed by atoms with Crippen LogP contribution >= 0.6 is 34.8 Å². The van der Waals surface area contributed by atoms with Gasteiger partial charge in [-0.15, -0.1) is 0 Å². The Kier molecular flexibility index (Phi) is 3.55. The third-order valence-corrected chi connectivity index (χ3v) is 4.09. The number of aryl methyl sites for hydroxylation is 1. The van der Waals surface area contributed by atoms with Gasteiger partial charge in [-0.1, -0.05) is 46.9 Å². The Labute approximate surface area is 131 Å². The second-order valence-corrected chi connectivity index (χ2v) is 5.67. The van der Waals surface area contributed by atoms with Crippen LogP contribution in [0.25, 0.3) is 22.0 Å². The quantitative estimate of drug-likeness (QED) is 0.547. The Morgan fingerprint density at radius 3 is 2.45 bits per heavy atom. The molecule has 5 heteroatoms. The molecule has 2 nitrogen and oxygen atoms in total. The van der Waals surface area contributed by atoms with E-state index < -0.39 is 0 Å². The van der Waals surface area contributed by atoms with Gasteiger partial charge in [-0.25, -0.2) is 9.97 Å². The van der Waals surface area contributed by atoms with Crippen molar-refractivity contribution in [1.29, 1.82) is 0 Å². The predicted octanol–water partition coefficient (Wildman–Crippen LogP) is 5.57. The van der Waals surface area contributed by atoms with Crippen molar-refractivity contribution < 1.29 is 0 Å². The maximum absolute atomic E-state index is 6.23. The summed E-state index contributed by atoms with van der Waals surface area (Å²) in [6.07, 6.45) is 1.46. The van der Waals surface area contributed by atoms with Crippen molar-refractivity contribution in [2.24, 2.45) is 0 Å². The van der Waals surface area contributed by atoms with Crippen molar-refractivity contribution in [1.82, 2.24) is 9.97 Å². The Hall–Kier alpha value is -1.35. The largest absolute Gasteiger partial charge is 0.236 e. The standard InChI is InChI=1S/C15H9Cl3N2/c1-8-4-10(9-2-3-11(16)12(17)6-9)14-13(5-8)19-7-20-15(14)18/h2-7H,1H3. The molecule has 0 saturated heterocycles. The molecule has 0 amide bonds. The van der Waals surface area contributed by atoms with Crippen molar-refractivity contribution in [3.8, 4) is 11.1 Å². The third-order valence-electron chi connectivity index (χ3n) is 3.07. The Morgan fingerprint density at radius 1 is 0.900 bits per heavy atom. The van der Waals surface area contributed by atoms with Gasteiger partial charge in [0, 0.05) is 5.39 Å². The van der Waals surface area contributed by atoms with Crippen molar-refractivity contribution in [3.05, 3.63) is 57.4 Å². The first kappa shape index (κ1) is 13.6. The molecule has 0 aliphatic carbocycles. The van der Waals surface area contributed by atoms with Crippen LogP contribution in [0.3, 0.4) is 0 Å². The molecule has 0 atom stereocenters. The van der Waals surface area contributed by atoms with Gasteiger partial charge in [0.15, 0.2) is 0 Å². The molecular weight excluding hydrogens is 315 g/mol. The molecular formula is C15H9Cl3N2. The number of benzene rings is 2. The molecule has 3 rings (SSSR count). The molecule has 0 radical (unpaired) electrons. The van der Waals surface area contributed by atoms with Gasteiger partial charge in [-0.05, 0) is 41.8 Å². The summed E-state index contributed by atoms with van der Waals surface area (Å²) >= 11 is 18.3. The number of hydrogen-bond acceptors (Lipinski definition) is 2. The molecule has 0 N–H and O–H groups in total. The highest BCUT2D eigenvalue weighted by Crippen LogP contribution is 2.35. The molecule has 100 valence electrons. The molecule has 2 aromatic carbocycles. The van der Waals surface area contributed by atoms with E-state index in [4.69, 9.17) is 34.8 Å². The van der Waals surface area contributed by atoms with Gasteiger partial charge in [0.2, 0.25) is 0 Å². The second kappa shape index (κ2) is 5.21. The van der Waals surface area contributed by atoms with E-state index in [1.54, 1.807) is 6.07 Å². The van der Waals surface area contributed by atoms with Gasteiger partial charge in [0.1, 0.15) is 11.5 Å². The fraction of sp³-hybridized carbons (Fsp3) is 0.0667. The van der Waals surface area contributed by atoms with Crippen LogP contribution in [-0.2, 0) is 0 Å². The van der Waals surface area contributed by atoms with Crippen molar-refractivity contribution in [3.63, 3.8) is 0 Å². The SMILES string of the molecule is Cc1cc(-c2ccc(Cl)c(Cl)c2)c2c(Cl)ncnc2c1. The average Bonchev–Trinajstić information content (AvgIpc) is 2.41. The van der Waals surface area contributed by atoms with Crippen LogP contribution in [0.4, 0.5) is 0 Å². The molecule has 0 aliphatic heterocycles. The third kappa shape index (κ3) is 2.35. The number of fused-ring (bicyclic) bond motifs is 1. The van der Waals surface area contributed by atoms with Crippen molar-refractivity contribution in [2.75, 3.05) is 0 Å². The van der Waals surface area contributed by atoms with Crippen LogP contribution < -0.4 is 0 Å². The van der Waals surface area contributed by atoms with Gasteiger partial charge < -0.3 is 0 Å². The number of hydrogen-bond donors (Lipinski definition) is 0. The topological polar surface area (TPSA) is 25.8 Å². The van der Waals surface area contributed by atoms with E-state index in [-0.39, 0.29) is 0 Å². The predicted molar refractivity (Wildman–Crippen MR) is 84.7 cm³/mol. The summed E-state index contributed by atoms with van der Waals surface area (Å²) in [5, 5.41) is 2.27. The van der Waals surface area contributed by atoms with Crippen LogP contribution in [-0.4, -0.2) is 9.97 Å². The molecule has 3 aromatic rings. The first-order chi connectivity index (χ1) is 9.56. The van der Waals surface area contributed by atoms with Gasteiger partial charge in [-0.3, -0.25) is 0 Å². The van der Waals surface area contributed by atoms with Crippen LogP contribution in [0.1, 0.15) is 5.56 Å². The number of aromatic nitrogens is 2. The lowest BCUT2D eigenvalue weighted by atomic mass is 9.99. The average molecular weight is 324 g/mol. The normalized spacial score (nSPS) is 11.0. The van der Waals surface area contributed by atoms with Crippen LogP contribution in [0, 0.1) is 6.92 Å². The van der Waals surface area contributed by atoms with Crippen LogP contribution in [0.15, 0.2) is 36.7 Å². The van der Waals surface area contributed by atoms with Gasteiger partial charge in [0.05, 0.1) is 15.6 Å². The van der Waals surface area contributed by atoms with Gasteiger partial charge in [0.25, 0.3) is 0 Å². The first-order valence-corrected chi connectivity index (χ1v) is 7.06. The van der Waals surface area contributed by atoms with E-state index in [0.29, 0.717) is 15.2 Å². The zero-order valence-electron chi connectivity index (χ0n) is 10.5. The van der Waals surface area contributed by atoms with E-state index in [2.05, 4.69) is 9.97 Å². The minimum absolute atomic E-state index is 0.427. The minimum atomic E-state index is 0.427. The summed E-state index contributed by atoms with van der Waals surface area (Å²) in [5.41, 5.74) is 3.79. The highest BCUT2D eigenvalue weighted by atomic mass is 35.5. The minimum Gasteiger partial charge on any atom is -0.236 e. The Morgan fingerprint density at radius 2 is 1.70 bits per heavy atom. The monoisotopic (exact) mass is 322 g/mol. The van der Waals surface area contributed by atoms with Crippen molar-refractivity contribution in [2.45, 2.75) is 6.92 Å². The fourth-order valence-corrected chi connectivity index (χ4v) is 2.72. The zero-order chi connectivity index (χ0) is 14.3. The molecule has 1 heterocycles. The Bertz CT molecular complexity index is 816. The lowest BCUT2D eigenvalue weighted by Gasteiger charge is -2.10. The summed E-state index contributed by atoms with van der Waals surface area (Å²) < 4.78 is 0. The summed E-state index contributed by atoms with van der Waals surface area (Å²) in [6, 6.07) is 9.51. The summed E-state index contributed by atoms with van der Waals surface area (Å²) in [5.74, 6) is 0. The lowest BCUT2D eigenvalue weighted by molar-refractivity contribution is 1.22. The van der Waals surface area contributed by atoms with Crippen molar-refractivity contribution >= 4 is 45.7 Å². The maximum atomic E-state index is 6.23. The smallest absolute Gasteiger partial charge is 0.140 e. The van der Waals surface area contributed by atoms with E-state index in [0.717, 1.165) is 27.6 Å². The number of rotatable bonds is 1. The zero-order valence-corrected chi connectivity index (χ0v) is 12.8. The Balaban J connectivity index is 2.37. The summed E-state index contributed by atoms with van der Waals surface area (Å²) in [6.45, 7) is 2.01. The number of halogens is 3. The molecule has 0 unspecified atom stereocenters. The molecule has 1 aromatic heterocycles. The van der Waals surface area contributed by atoms with E-state index in [1.807, 2.05) is 31.2 Å². The lowest BCUT2D eigenvalue weighted by Crippen LogP contribution is -1.90. The van der Waals surface area contributed by atoms with Crippen LogP contribution in [0.5, 0.6) is 0 Å². The van der Waals surface area contributed by atoms with Crippen LogP contribution in [0.2, 0.25) is 15.2 Å². The molecule has 0 spiro atoms. The first-order valence-electron chi connectivity index (χ1n) is 5.92. The molecule has 0 aliphatic rings. The molecule has 0 fully saturated rings. The van der Waals surface area contributed by atoms with E-state index >= 15 is 0 Å². The van der Waals surface area contributed by atoms with E-state index in [9.17, 15) is 0 Å². The van der Waals surface area contributed by atoms with Gasteiger partial charge >= 0.3 is 0 Å². The van der Waals surface area contributed by atoms with E-state index in [1.165, 1.54) is 6.33 Å². The maximum Gasteiger partial charge on any atom is 0.140 e. The summed E-state index contributed by atoms with van der Waals surface area (Å²) in [4.78, 5) is 8.33. The summed E-state index contributed by atoms with van der Waals surface area (Å²) in [7, 11) is 0.